The van der Waals surface area contributed by atoms with Gasteiger partial charge in [-0.05, 0) is 11.5 Å². The Labute approximate surface area is 105 Å². The molecule has 0 saturated heterocycles. The average molecular weight is 250 g/mol. The van der Waals surface area contributed by atoms with Crippen molar-refractivity contribution in [1.29, 1.82) is 0 Å². The Morgan fingerprint density at radius 2 is 2.06 bits per heavy atom. The summed E-state index contributed by atoms with van der Waals surface area (Å²) < 4.78 is 1.19. The molecule has 5 nitrogen and oxygen atoms in total. The van der Waals surface area contributed by atoms with Crippen molar-refractivity contribution >= 4 is 18.0 Å². The van der Waals surface area contributed by atoms with Gasteiger partial charge in [0.15, 0.2) is 6.20 Å². The number of aromatic carboxylic acids is 1. The number of rotatable bonds is 5. The zero-order chi connectivity index (χ0) is 13.7. The number of carbonyl (C=O) groups is 2. The highest BCUT2D eigenvalue weighted by Gasteiger charge is 2.20. The molecule has 18 heavy (non-hydrogen) atoms. The second kappa shape index (κ2) is 5.95. The van der Waals surface area contributed by atoms with Crippen LogP contribution in [0.1, 0.15) is 29.9 Å². The van der Waals surface area contributed by atoms with Crippen LogP contribution in [-0.4, -0.2) is 22.2 Å². The summed E-state index contributed by atoms with van der Waals surface area (Å²) in [7, 11) is 0. The highest BCUT2D eigenvalue weighted by atomic mass is 16.4. The monoisotopic (exact) mass is 250 g/mol. The van der Waals surface area contributed by atoms with Crippen LogP contribution in [0.4, 0.5) is 0 Å². The van der Waals surface area contributed by atoms with Crippen LogP contribution >= 0.6 is 0 Å². The Hall–Kier alpha value is -2.17. The van der Waals surface area contributed by atoms with E-state index in [0.717, 1.165) is 5.56 Å². The standard InChI is InChI=1S/C13H15NO4/c1-9(2)3-4-10-5-6-14(8-12(15)16)11(7-10)13(17)18/h3-7,9H,8H2,1-2H3,(H-,15,16,17,18)/p+1/b4-3+. The van der Waals surface area contributed by atoms with Crippen LogP contribution in [0.15, 0.2) is 24.4 Å². The lowest BCUT2D eigenvalue weighted by atomic mass is 10.1. The van der Waals surface area contributed by atoms with Crippen LogP contribution in [0.25, 0.3) is 6.08 Å². The van der Waals surface area contributed by atoms with Gasteiger partial charge in [0.05, 0.1) is 0 Å². The Balaban J connectivity index is 3.11. The van der Waals surface area contributed by atoms with Gasteiger partial charge in [-0.25, -0.2) is 9.59 Å². The molecule has 0 aliphatic rings. The summed E-state index contributed by atoms with van der Waals surface area (Å²) in [5.41, 5.74) is 0.700. The molecule has 0 aliphatic carbocycles. The zero-order valence-corrected chi connectivity index (χ0v) is 10.3. The molecule has 0 bridgehead atoms. The van der Waals surface area contributed by atoms with Gasteiger partial charge in [0.1, 0.15) is 0 Å². The molecule has 0 fully saturated rings. The highest BCUT2D eigenvalue weighted by Crippen LogP contribution is 2.06. The molecule has 0 aliphatic heterocycles. The van der Waals surface area contributed by atoms with Crippen molar-refractivity contribution in [2.24, 2.45) is 5.92 Å². The number of aliphatic carboxylic acids is 1. The molecule has 0 radical (unpaired) electrons. The smallest absolute Gasteiger partial charge is 0.401 e. The molecule has 1 heterocycles. The van der Waals surface area contributed by atoms with Crippen molar-refractivity contribution in [2.45, 2.75) is 20.4 Å². The average Bonchev–Trinajstić information content (AvgIpc) is 2.26. The van der Waals surface area contributed by atoms with Crippen LogP contribution in [-0.2, 0) is 11.3 Å². The first-order valence-electron chi connectivity index (χ1n) is 5.57. The summed E-state index contributed by atoms with van der Waals surface area (Å²) in [5.74, 6) is -1.85. The predicted molar refractivity (Wildman–Crippen MR) is 65.1 cm³/mol. The normalized spacial score (nSPS) is 11.1. The zero-order valence-electron chi connectivity index (χ0n) is 10.3. The van der Waals surface area contributed by atoms with Gasteiger partial charge in [0.25, 0.3) is 5.69 Å². The molecule has 0 aromatic carbocycles. The van der Waals surface area contributed by atoms with Crippen molar-refractivity contribution < 1.29 is 24.4 Å². The summed E-state index contributed by atoms with van der Waals surface area (Å²) in [4.78, 5) is 21.7. The van der Waals surface area contributed by atoms with E-state index in [2.05, 4.69) is 0 Å². The summed E-state index contributed by atoms with van der Waals surface area (Å²) in [6, 6.07) is 3.15. The Morgan fingerprint density at radius 1 is 1.39 bits per heavy atom. The fourth-order valence-corrected chi connectivity index (χ4v) is 1.42. The lowest BCUT2D eigenvalue weighted by molar-refractivity contribution is -0.688. The quantitative estimate of drug-likeness (QED) is 0.775. The fraction of sp³-hybridized carbons (Fsp3) is 0.308. The molecule has 0 atom stereocenters. The first-order chi connectivity index (χ1) is 8.40. The molecule has 5 heteroatoms. The maximum absolute atomic E-state index is 11.1. The van der Waals surface area contributed by atoms with Crippen LogP contribution < -0.4 is 4.57 Å². The van der Waals surface area contributed by atoms with Crippen molar-refractivity contribution in [2.75, 3.05) is 0 Å². The Morgan fingerprint density at radius 3 is 2.56 bits per heavy atom. The Bertz CT molecular complexity index is 492. The SMILES string of the molecule is CC(C)/C=C/c1cc[n+](CC(=O)O)c(C(=O)O)c1. The van der Waals surface area contributed by atoms with E-state index in [9.17, 15) is 9.59 Å². The molecule has 0 amide bonds. The number of allylic oxidation sites excluding steroid dienone is 1. The van der Waals surface area contributed by atoms with Gasteiger partial charge < -0.3 is 10.2 Å². The fourth-order valence-electron chi connectivity index (χ4n) is 1.42. The van der Waals surface area contributed by atoms with E-state index in [-0.39, 0.29) is 12.2 Å². The predicted octanol–water partition coefficient (Wildman–Crippen LogP) is 1.43. The lowest BCUT2D eigenvalue weighted by Gasteiger charge is -2.00. The molecular weight excluding hydrogens is 234 g/mol. The molecule has 0 saturated carbocycles. The Kier molecular flexibility index (Phi) is 4.59. The molecule has 1 aromatic rings. The molecule has 0 spiro atoms. The number of aromatic nitrogens is 1. The summed E-state index contributed by atoms with van der Waals surface area (Å²) >= 11 is 0. The summed E-state index contributed by atoms with van der Waals surface area (Å²) in [5, 5.41) is 17.7. The van der Waals surface area contributed by atoms with Crippen molar-refractivity contribution in [3.63, 3.8) is 0 Å². The van der Waals surface area contributed by atoms with Gasteiger partial charge in [-0.1, -0.05) is 26.0 Å². The van der Waals surface area contributed by atoms with Gasteiger partial charge in [0, 0.05) is 12.1 Å². The third kappa shape index (κ3) is 4.01. The molecule has 1 rings (SSSR count). The number of hydrogen-bond acceptors (Lipinski definition) is 2. The van der Waals surface area contributed by atoms with Gasteiger partial charge in [-0.15, -0.1) is 0 Å². The van der Waals surface area contributed by atoms with Crippen molar-refractivity contribution in [3.8, 4) is 0 Å². The number of carboxylic acid groups (broad SMARTS) is 2. The van der Waals surface area contributed by atoms with E-state index in [1.54, 1.807) is 6.07 Å². The van der Waals surface area contributed by atoms with Crippen molar-refractivity contribution in [1.82, 2.24) is 0 Å². The first-order valence-corrected chi connectivity index (χ1v) is 5.57. The second-order valence-corrected chi connectivity index (χ2v) is 4.28. The third-order valence-electron chi connectivity index (χ3n) is 2.26. The van der Waals surface area contributed by atoms with Gasteiger partial charge >= 0.3 is 11.9 Å². The van der Waals surface area contributed by atoms with E-state index in [0.29, 0.717) is 5.92 Å². The minimum absolute atomic E-state index is 0.0386. The first kappa shape index (κ1) is 13.9. The van der Waals surface area contributed by atoms with E-state index in [1.165, 1.54) is 16.8 Å². The molecule has 96 valence electrons. The van der Waals surface area contributed by atoms with E-state index < -0.39 is 11.9 Å². The van der Waals surface area contributed by atoms with Gasteiger partial charge in [-0.2, -0.15) is 4.57 Å². The number of carboxylic acids is 2. The largest absolute Gasteiger partial charge is 0.477 e. The minimum atomic E-state index is -1.14. The van der Waals surface area contributed by atoms with E-state index in [4.69, 9.17) is 10.2 Å². The summed E-state index contributed by atoms with van der Waals surface area (Å²) in [6.45, 7) is 3.67. The van der Waals surface area contributed by atoms with Crippen LogP contribution in [0.3, 0.4) is 0 Å². The lowest BCUT2D eigenvalue weighted by Crippen LogP contribution is -2.43. The molecule has 0 unspecified atom stereocenters. The van der Waals surface area contributed by atoms with Crippen molar-refractivity contribution in [3.05, 3.63) is 35.7 Å². The molecular formula is C13H16NO4+. The maximum atomic E-state index is 11.1. The van der Waals surface area contributed by atoms with Crippen LogP contribution in [0.5, 0.6) is 0 Å². The highest BCUT2D eigenvalue weighted by molar-refractivity contribution is 5.84. The molecule has 1 aromatic heterocycles. The van der Waals surface area contributed by atoms with Gasteiger partial charge in [-0.3, -0.25) is 0 Å². The van der Waals surface area contributed by atoms with E-state index >= 15 is 0 Å². The topological polar surface area (TPSA) is 78.5 Å². The van der Waals surface area contributed by atoms with Gasteiger partial charge in [0.2, 0.25) is 6.54 Å². The number of hydrogen-bond donors (Lipinski definition) is 2. The summed E-state index contributed by atoms with van der Waals surface area (Å²) in [6.07, 6.45) is 5.24. The van der Waals surface area contributed by atoms with Crippen LogP contribution in [0, 0.1) is 5.92 Å². The van der Waals surface area contributed by atoms with Crippen LogP contribution in [0.2, 0.25) is 0 Å². The minimum Gasteiger partial charge on any atom is -0.477 e. The second-order valence-electron chi connectivity index (χ2n) is 4.28. The third-order valence-corrected chi connectivity index (χ3v) is 2.26. The molecule has 2 N–H and O–H groups in total. The number of nitrogens with zero attached hydrogens (tertiary/aromatic N) is 1. The number of pyridine rings is 1. The van der Waals surface area contributed by atoms with E-state index in [1.807, 2.05) is 26.0 Å². The maximum Gasteiger partial charge on any atom is 0.401 e.